The van der Waals surface area contributed by atoms with Crippen molar-refractivity contribution in [1.29, 1.82) is 0 Å². The molecule has 0 unspecified atom stereocenters. The lowest BCUT2D eigenvalue weighted by Gasteiger charge is -2.04. The molecule has 0 fully saturated rings. The number of halogens is 3. The van der Waals surface area contributed by atoms with Crippen molar-refractivity contribution in [3.8, 4) is 5.75 Å². The van der Waals surface area contributed by atoms with E-state index < -0.39 is 23.2 Å². The molecule has 0 atom stereocenters. The molecule has 70 valence electrons. The fourth-order valence-corrected chi connectivity index (χ4v) is 0.912. The summed E-state index contributed by atoms with van der Waals surface area (Å²) in [6.07, 6.45) is 0. The smallest absolute Gasteiger partial charge is 0.190 e. The molecule has 0 saturated carbocycles. The zero-order chi connectivity index (χ0) is 10.0. The van der Waals surface area contributed by atoms with E-state index in [1.807, 2.05) is 0 Å². The Kier molecular flexibility index (Phi) is 2.60. The molecular weight excluding hydrogens is 181 g/mol. The monoisotopic (exact) mass is 188 g/mol. The first-order chi connectivity index (χ1) is 6.06. The topological polar surface area (TPSA) is 9.23 Å². The van der Waals surface area contributed by atoms with Gasteiger partial charge in [0.1, 0.15) is 5.83 Å². The van der Waals surface area contributed by atoms with Gasteiger partial charge in [-0.15, -0.1) is 0 Å². The van der Waals surface area contributed by atoms with Crippen LogP contribution in [0.1, 0.15) is 5.56 Å². The molecule has 0 aromatic heterocycles. The van der Waals surface area contributed by atoms with E-state index in [-0.39, 0.29) is 5.56 Å². The van der Waals surface area contributed by atoms with Crippen LogP contribution >= 0.6 is 0 Å². The van der Waals surface area contributed by atoms with E-state index >= 15 is 0 Å². The van der Waals surface area contributed by atoms with Gasteiger partial charge in [-0.05, 0) is 12.1 Å². The molecule has 1 rings (SSSR count). The van der Waals surface area contributed by atoms with Gasteiger partial charge in [-0.3, -0.25) is 0 Å². The summed E-state index contributed by atoms with van der Waals surface area (Å²) in [7, 11) is 1.13. The molecule has 0 radical (unpaired) electrons. The van der Waals surface area contributed by atoms with Crippen molar-refractivity contribution in [2.24, 2.45) is 0 Å². The van der Waals surface area contributed by atoms with Crippen LogP contribution in [0.5, 0.6) is 5.75 Å². The highest BCUT2D eigenvalue weighted by molar-refractivity contribution is 5.57. The van der Waals surface area contributed by atoms with E-state index in [1.54, 1.807) is 0 Å². The first-order valence-electron chi connectivity index (χ1n) is 3.44. The number of benzene rings is 1. The molecule has 0 saturated heterocycles. The SMILES string of the molecule is C=C(F)c1cc(F)c(OC)c(F)c1. The third kappa shape index (κ3) is 1.83. The van der Waals surface area contributed by atoms with Gasteiger partial charge in [0.2, 0.25) is 0 Å². The highest BCUT2D eigenvalue weighted by atomic mass is 19.1. The fraction of sp³-hybridized carbons (Fsp3) is 0.111. The molecule has 13 heavy (non-hydrogen) atoms. The van der Waals surface area contributed by atoms with Gasteiger partial charge >= 0.3 is 0 Å². The lowest BCUT2D eigenvalue weighted by Crippen LogP contribution is -1.94. The van der Waals surface area contributed by atoms with E-state index in [4.69, 9.17) is 0 Å². The lowest BCUT2D eigenvalue weighted by atomic mass is 10.2. The van der Waals surface area contributed by atoms with Gasteiger partial charge in [0.25, 0.3) is 0 Å². The summed E-state index contributed by atoms with van der Waals surface area (Å²) in [5, 5.41) is 0. The Balaban J connectivity index is 3.28. The molecule has 4 heteroatoms. The van der Waals surface area contributed by atoms with Gasteiger partial charge in [0.05, 0.1) is 7.11 Å². The Morgan fingerprint density at radius 2 is 1.77 bits per heavy atom. The maximum absolute atomic E-state index is 12.9. The number of hydrogen-bond acceptors (Lipinski definition) is 1. The molecule has 0 aliphatic carbocycles. The summed E-state index contributed by atoms with van der Waals surface area (Å²) in [5.41, 5.74) is -0.226. The van der Waals surface area contributed by atoms with Crippen LogP contribution in [0, 0.1) is 11.6 Å². The second-order valence-electron chi connectivity index (χ2n) is 2.38. The van der Waals surface area contributed by atoms with E-state index in [2.05, 4.69) is 11.3 Å². The minimum absolute atomic E-state index is 0.226. The van der Waals surface area contributed by atoms with Crippen LogP contribution in [-0.4, -0.2) is 7.11 Å². The van der Waals surface area contributed by atoms with Gasteiger partial charge in [-0.1, -0.05) is 6.58 Å². The van der Waals surface area contributed by atoms with Crippen molar-refractivity contribution in [3.63, 3.8) is 0 Å². The number of rotatable bonds is 2. The highest BCUT2D eigenvalue weighted by Crippen LogP contribution is 2.25. The first-order valence-corrected chi connectivity index (χ1v) is 3.44. The molecular formula is C9H7F3O. The van der Waals surface area contributed by atoms with Crippen LogP contribution in [0.25, 0.3) is 5.83 Å². The molecule has 1 aromatic rings. The molecule has 0 aliphatic heterocycles. The van der Waals surface area contributed by atoms with Gasteiger partial charge in [0, 0.05) is 5.56 Å². The fourth-order valence-electron chi connectivity index (χ4n) is 0.912. The van der Waals surface area contributed by atoms with Gasteiger partial charge in [0.15, 0.2) is 17.4 Å². The van der Waals surface area contributed by atoms with Crippen molar-refractivity contribution >= 4 is 5.83 Å². The number of ether oxygens (including phenoxy) is 1. The van der Waals surface area contributed by atoms with Crippen LogP contribution < -0.4 is 4.74 Å². The molecule has 0 spiro atoms. The predicted molar refractivity (Wildman–Crippen MR) is 43.1 cm³/mol. The molecule has 1 aromatic carbocycles. The van der Waals surface area contributed by atoms with Gasteiger partial charge in [-0.2, -0.15) is 0 Å². The Morgan fingerprint density at radius 3 is 2.08 bits per heavy atom. The number of hydrogen-bond donors (Lipinski definition) is 0. The summed E-state index contributed by atoms with van der Waals surface area (Å²) < 4.78 is 42.7. The molecule has 0 heterocycles. The zero-order valence-corrected chi connectivity index (χ0v) is 6.90. The molecule has 0 aliphatic rings. The average Bonchev–Trinajstić information content (AvgIpc) is 2.03. The first kappa shape index (κ1) is 9.64. The minimum atomic E-state index is -0.948. The van der Waals surface area contributed by atoms with E-state index in [9.17, 15) is 13.2 Å². The van der Waals surface area contributed by atoms with Crippen LogP contribution in [0.3, 0.4) is 0 Å². The maximum atomic E-state index is 12.9. The van der Waals surface area contributed by atoms with Crippen molar-refractivity contribution in [2.45, 2.75) is 0 Å². The standard InChI is InChI=1S/C9H7F3O/c1-5(10)6-3-7(11)9(13-2)8(12)4-6/h3-4H,1H2,2H3. The Hall–Kier alpha value is -1.45. The van der Waals surface area contributed by atoms with Crippen molar-refractivity contribution in [1.82, 2.24) is 0 Å². The summed E-state index contributed by atoms with van der Waals surface area (Å²) in [6.45, 7) is 2.92. The average molecular weight is 188 g/mol. The molecule has 0 amide bonds. The Bertz CT molecular complexity index is 324. The van der Waals surface area contributed by atoms with Crippen molar-refractivity contribution in [2.75, 3.05) is 7.11 Å². The Labute approximate surface area is 73.4 Å². The summed E-state index contributed by atoms with van der Waals surface area (Å²) in [6, 6.07) is 1.65. The summed E-state index contributed by atoms with van der Waals surface area (Å²) >= 11 is 0. The van der Waals surface area contributed by atoms with Crippen LogP contribution in [-0.2, 0) is 0 Å². The van der Waals surface area contributed by atoms with Crippen LogP contribution in [0.15, 0.2) is 18.7 Å². The van der Waals surface area contributed by atoms with Gasteiger partial charge in [-0.25, -0.2) is 13.2 Å². The zero-order valence-electron chi connectivity index (χ0n) is 6.90. The predicted octanol–water partition coefficient (Wildman–Crippen LogP) is 2.91. The van der Waals surface area contributed by atoms with Crippen LogP contribution in [0.2, 0.25) is 0 Å². The highest BCUT2D eigenvalue weighted by Gasteiger charge is 2.12. The normalized spacial score (nSPS) is 9.85. The number of methoxy groups -OCH3 is 1. The summed E-state index contributed by atoms with van der Waals surface area (Å²) in [4.78, 5) is 0. The largest absolute Gasteiger partial charge is 0.491 e. The third-order valence-electron chi connectivity index (χ3n) is 1.52. The maximum Gasteiger partial charge on any atom is 0.190 e. The summed E-state index contributed by atoms with van der Waals surface area (Å²) in [5.74, 6) is -3.31. The second kappa shape index (κ2) is 3.51. The van der Waals surface area contributed by atoms with E-state index in [1.165, 1.54) is 0 Å². The Morgan fingerprint density at radius 1 is 1.31 bits per heavy atom. The minimum Gasteiger partial charge on any atom is -0.491 e. The second-order valence-corrected chi connectivity index (χ2v) is 2.38. The van der Waals surface area contributed by atoms with Crippen LogP contribution in [0.4, 0.5) is 13.2 Å². The van der Waals surface area contributed by atoms with E-state index in [0.717, 1.165) is 19.2 Å². The molecule has 1 nitrogen and oxygen atoms in total. The lowest BCUT2D eigenvalue weighted by molar-refractivity contribution is 0.359. The quantitative estimate of drug-likeness (QED) is 0.693. The van der Waals surface area contributed by atoms with Crippen molar-refractivity contribution in [3.05, 3.63) is 35.9 Å². The van der Waals surface area contributed by atoms with Gasteiger partial charge < -0.3 is 4.74 Å². The van der Waals surface area contributed by atoms with Crippen molar-refractivity contribution < 1.29 is 17.9 Å². The van der Waals surface area contributed by atoms with E-state index in [0.29, 0.717) is 0 Å². The molecule has 0 N–H and O–H groups in total. The third-order valence-corrected chi connectivity index (χ3v) is 1.52. The molecule has 0 bridgehead atoms.